The number of alkyl halides is 3. The molecule has 0 bridgehead atoms. The van der Waals surface area contributed by atoms with E-state index >= 15 is 0 Å². The SMILES string of the molecule is CNC(=O)Cn1ccc2c(Nc3c(C)cc(Cl)cc3C(F)(F)F)nccc21. The Morgan fingerprint density at radius 1 is 1.30 bits per heavy atom. The van der Waals surface area contributed by atoms with Gasteiger partial charge in [0.2, 0.25) is 5.91 Å². The van der Waals surface area contributed by atoms with Crippen molar-refractivity contribution in [2.75, 3.05) is 12.4 Å². The maximum absolute atomic E-state index is 13.4. The lowest BCUT2D eigenvalue weighted by Gasteiger charge is -2.17. The molecule has 0 aliphatic heterocycles. The second-order valence-corrected chi connectivity index (χ2v) is 6.41. The van der Waals surface area contributed by atoms with Crippen molar-refractivity contribution in [1.29, 1.82) is 0 Å². The number of pyridine rings is 1. The minimum Gasteiger partial charge on any atom is -0.358 e. The Bertz CT molecular complexity index is 1010. The van der Waals surface area contributed by atoms with Gasteiger partial charge in [0.25, 0.3) is 0 Å². The number of nitrogens with zero attached hydrogens (tertiary/aromatic N) is 2. The van der Waals surface area contributed by atoms with Crippen LogP contribution in [0.5, 0.6) is 0 Å². The molecule has 0 saturated carbocycles. The fourth-order valence-corrected chi connectivity index (χ4v) is 3.12. The summed E-state index contributed by atoms with van der Waals surface area (Å²) in [7, 11) is 1.53. The Kier molecular flexibility index (Phi) is 5.01. The van der Waals surface area contributed by atoms with Gasteiger partial charge in [-0.1, -0.05) is 11.6 Å². The summed E-state index contributed by atoms with van der Waals surface area (Å²) in [6.07, 6.45) is -1.41. The number of anilines is 2. The van der Waals surface area contributed by atoms with E-state index in [9.17, 15) is 18.0 Å². The molecule has 2 aromatic heterocycles. The first-order chi connectivity index (χ1) is 12.7. The molecule has 0 saturated heterocycles. The van der Waals surface area contributed by atoms with Crippen LogP contribution in [0.3, 0.4) is 0 Å². The van der Waals surface area contributed by atoms with Crippen LogP contribution in [0.15, 0.2) is 36.7 Å². The standard InChI is InChI=1S/C18H16ClF3N4O/c1-10-7-11(19)8-13(18(20,21)22)16(10)25-17-12-4-6-26(9-15(27)23-2)14(12)3-5-24-17/h3-8H,9H2,1-2H3,(H,23,27)(H,24,25). The maximum Gasteiger partial charge on any atom is 0.418 e. The minimum absolute atomic E-state index is 0.00766. The van der Waals surface area contributed by atoms with Crippen molar-refractivity contribution in [3.8, 4) is 0 Å². The Labute approximate surface area is 158 Å². The summed E-state index contributed by atoms with van der Waals surface area (Å²) in [5.41, 5.74) is 0.0525. The summed E-state index contributed by atoms with van der Waals surface area (Å²) < 4.78 is 42.0. The van der Waals surface area contributed by atoms with Gasteiger partial charge in [-0.2, -0.15) is 13.2 Å². The van der Waals surface area contributed by atoms with E-state index in [1.165, 1.54) is 19.3 Å². The van der Waals surface area contributed by atoms with Gasteiger partial charge in [-0.3, -0.25) is 4.79 Å². The highest BCUT2D eigenvalue weighted by Gasteiger charge is 2.35. The summed E-state index contributed by atoms with van der Waals surface area (Å²) >= 11 is 5.81. The van der Waals surface area contributed by atoms with E-state index in [1.54, 1.807) is 29.8 Å². The molecule has 0 aliphatic rings. The first kappa shape index (κ1) is 19.0. The summed E-state index contributed by atoms with van der Waals surface area (Å²) in [4.78, 5) is 15.8. The van der Waals surface area contributed by atoms with E-state index in [-0.39, 0.29) is 29.0 Å². The fourth-order valence-electron chi connectivity index (χ4n) is 2.84. The third kappa shape index (κ3) is 3.85. The third-order valence-electron chi connectivity index (χ3n) is 4.14. The molecule has 142 valence electrons. The van der Waals surface area contributed by atoms with E-state index < -0.39 is 11.7 Å². The zero-order valence-electron chi connectivity index (χ0n) is 14.5. The molecular formula is C18H16ClF3N4O. The maximum atomic E-state index is 13.4. The van der Waals surface area contributed by atoms with Gasteiger partial charge in [0.15, 0.2) is 0 Å². The molecule has 1 aromatic carbocycles. The topological polar surface area (TPSA) is 59.0 Å². The molecule has 27 heavy (non-hydrogen) atoms. The van der Waals surface area contributed by atoms with Crippen LogP contribution in [-0.4, -0.2) is 22.5 Å². The van der Waals surface area contributed by atoms with Gasteiger partial charge in [-0.25, -0.2) is 4.98 Å². The molecule has 0 radical (unpaired) electrons. The zero-order chi connectivity index (χ0) is 19.8. The number of carbonyl (C=O) groups is 1. The molecule has 0 aliphatic carbocycles. The summed E-state index contributed by atoms with van der Waals surface area (Å²) in [5.74, 6) is 0.0748. The van der Waals surface area contributed by atoms with Crippen LogP contribution in [0.2, 0.25) is 5.02 Å². The molecule has 0 unspecified atom stereocenters. The van der Waals surface area contributed by atoms with E-state index in [4.69, 9.17) is 11.6 Å². The lowest BCUT2D eigenvalue weighted by Crippen LogP contribution is -2.22. The Morgan fingerprint density at radius 3 is 2.70 bits per heavy atom. The molecule has 3 aromatic rings. The van der Waals surface area contributed by atoms with Crippen molar-refractivity contribution in [1.82, 2.24) is 14.9 Å². The number of fused-ring (bicyclic) bond motifs is 1. The monoisotopic (exact) mass is 396 g/mol. The van der Waals surface area contributed by atoms with Gasteiger partial charge in [-0.05, 0) is 36.8 Å². The Hall–Kier alpha value is -2.74. The van der Waals surface area contributed by atoms with Gasteiger partial charge in [0.05, 0.1) is 16.8 Å². The van der Waals surface area contributed by atoms with E-state index in [1.807, 2.05) is 0 Å². The smallest absolute Gasteiger partial charge is 0.358 e. The summed E-state index contributed by atoms with van der Waals surface area (Å²) in [6, 6.07) is 5.73. The van der Waals surface area contributed by atoms with Crippen LogP contribution in [0, 0.1) is 6.92 Å². The van der Waals surface area contributed by atoms with Crippen LogP contribution in [-0.2, 0) is 17.5 Å². The molecule has 0 spiro atoms. The van der Waals surface area contributed by atoms with Crippen LogP contribution >= 0.6 is 11.6 Å². The quantitative estimate of drug-likeness (QED) is 0.682. The number of aromatic nitrogens is 2. The number of likely N-dealkylation sites (N-methyl/N-ethyl adjacent to an activating group) is 1. The minimum atomic E-state index is -4.57. The number of amides is 1. The van der Waals surface area contributed by atoms with Crippen molar-refractivity contribution in [3.05, 3.63) is 52.8 Å². The largest absolute Gasteiger partial charge is 0.418 e. The van der Waals surface area contributed by atoms with Crippen molar-refractivity contribution in [2.24, 2.45) is 0 Å². The molecule has 9 heteroatoms. The van der Waals surface area contributed by atoms with Crippen LogP contribution in [0.4, 0.5) is 24.7 Å². The first-order valence-corrected chi connectivity index (χ1v) is 8.37. The number of halogens is 4. The number of nitrogens with one attached hydrogen (secondary N) is 2. The number of hydrogen-bond acceptors (Lipinski definition) is 3. The zero-order valence-corrected chi connectivity index (χ0v) is 15.2. The Balaban J connectivity index is 2.07. The Morgan fingerprint density at radius 2 is 2.04 bits per heavy atom. The predicted octanol–water partition coefficient (Wildman–Crippen LogP) is 4.51. The number of carbonyl (C=O) groups excluding carboxylic acids is 1. The third-order valence-corrected chi connectivity index (χ3v) is 4.36. The average molecular weight is 397 g/mol. The fraction of sp³-hybridized carbons (Fsp3) is 0.222. The van der Waals surface area contributed by atoms with Crippen LogP contribution < -0.4 is 10.6 Å². The highest BCUT2D eigenvalue weighted by Crippen LogP contribution is 2.40. The lowest BCUT2D eigenvalue weighted by atomic mass is 10.1. The lowest BCUT2D eigenvalue weighted by molar-refractivity contribution is -0.137. The van der Waals surface area contributed by atoms with E-state index in [0.717, 1.165) is 6.07 Å². The summed E-state index contributed by atoms with van der Waals surface area (Å²) in [6.45, 7) is 1.64. The molecule has 0 fully saturated rings. The average Bonchev–Trinajstić information content (AvgIpc) is 3.00. The second kappa shape index (κ2) is 7.11. The first-order valence-electron chi connectivity index (χ1n) is 7.99. The van der Waals surface area contributed by atoms with Crippen molar-refractivity contribution < 1.29 is 18.0 Å². The highest BCUT2D eigenvalue weighted by molar-refractivity contribution is 6.30. The van der Waals surface area contributed by atoms with Gasteiger partial charge in [0, 0.05) is 29.9 Å². The molecule has 0 atom stereocenters. The molecule has 1 amide bonds. The predicted molar refractivity (Wildman–Crippen MR) is 98.3 cm³/mol. The molecular weight excluding hydrogens is 381 g/mol. The van der Waals surface area contributed by atoms with Gasteiger partial charge in [-0.15, -0.1) is 0 Å². The molecule has 3 rings (SSSR count). The second-order valence-electron chi connectivity index (χ2n) is 5.98. The van der Waals surface area contributed by atoms with E-state index in [2.05, 4.69) is 15.6 Å². The molecule has 5 nitrogen and oxygen atoms in total. The number of benzene rings is 1. The van der Waals surface area contributed by atoms with Crippen molar-refractivity contribution in [2.45, 2.75) is 19.6 Å². The molecule has 2 heterocycles. The van der Waals surface area contributed by atoms with Crippen LogP contribution in [0.25, 0.3) is 10.9 Å². The summed E-state index contributed by atoms with van der Waals surface area (Å²) in [5, 5.41) is 5.93. The number of hydrogen-bond donors (Lipinski definition) is 2. The van der Waals surface area contributed by atoms with Gasteiger partial charge in [0.1, 0.15) is 12.4 Å². The number of aryl methyl sites for hydroxylation is 1. The van der Waals surface area contributed by atoms with E-state index in [0.29, 0.717) is 16.5 Å². The van der Waals surface area contributed by atoms with Gasteiger partial charge < -0.3 is 15.2 Å². The highest BCUT2D eigenvalue weighted by atomic mass is 35.5. The van der Waals surface area contributed by atoms with Crippen molar-refractivity contribution in [3.63, 3.8) is 0 Å². The number of rotatable bonds is 4. The van der Waals surface area contributed by atoms with Crippen molar-refractivity contribution >= 4 is 39.9 Å². The normalized spacial score (nSPS) is 11.6. The van der Waals surface area contributed by atoms with Crippen LogP contribution in [0.1, 0.15) is 11.1 Å². The van der Waals surface area contributed by atoms with Gasteiger partial charge >= 0.3 is 6.18 Å². The molecule has 2 N–H and O–H groups in total.